The van der Waals surface area contributed by atoms with E-state index in [-0.39, 0.29) is 0 Å². The van der Waals surface area contributed by atoms with Gasteiger partial charge < -0.3 is 18.3 Å². The second-order valence-corrected chi connectivity index (χ2v) is 29.1. The number of hydrogen-bond donors (Lipinski definition) is 0. The summed E-state index contributed by atoms with van der Waals surface area (Å²) in [6.45, 7) is 0. The van der Waals surface area contributed by atoms with Crippen molar-refractivity contribution >= 4 is 87.2 Å². The SMILES string of the molecule is c1ccc(-c2cccc(-n3c4ccccc4c4cc(-c5ccc6c(c5)c5ccccc5n6-c5cc(-c6ccccc6)cc(-c6ccccc6)c5)ccc43)c2)cc1.c1ccc(-c2cccc(-n3c4ccccc4c4cc(-c5ccc6c(c5)c5ccccc5n6-c5cccc(-c6ccccc6-c6ccccc6)c5)ccc43)c2)cc1. The van der Waals surface area contributed by atoms with Crippen molar-refractivity contribution in [3.8, 4) is 112 Å². The van der Waals surface area contributed by atoms with Crippen molar-refractivity contribution in [3.63, 3.8) is 0 Å². The first-order valence-corrected chi connectivity index (χ1v) is 38.5. The smallest absolute Gasteiger partial charge is 0.0541 e. The van der Waals surface area contributed by atoms with Crippen molar-refractivity contribution in [2.75, 3.05) is 0 Å². The Morgan fingerprint density at radius 2 is 0.330 bits per heavy atom. The third-order valence-corrected chi connectivity index (χ3v) is 22.6. The number of aromatic nitrogens is 4. The van der Waals surface area contributed by atoms with Crippen LogP contribution in [-0.4, -0.2) is 18.3 Å². The molecule has 4 aromatic heterocycles. The topological polar surface area (TPSA) is 19.7 Å². The maximum absolute atomic E-state index is 2.44. The number of para-hydroxylation sites is 4. The van der Waals surface area contributed by atoms with Gasteiger partial charge in [-0.2, -0.15) is 0 Å². The van der Waals surface area contributed by atoms with Crippen LogP contribution in [0.1, 0.15) is 0 Å². The Hall–Kier alpha value is -14.8. The molecule has 0 saturated heterocycles. The molecule has 0 aliphatic heterocycles. The van der Waals surface area contributed by atoms with E-state index < -0.39 is 0 Å². The largest absolute Gasteiger partial charge is 0.309 e. The lowest BCUT2D eigenvalue weighted by Crippen LogP contribution is -1.96. The van der Waals surface area contributed by atoms with Gasteiger partial charge in [-0.25, -0.2) is 0 Å². The Labute approximate surface area is 649 Å². The molecule has 0 fully saturated rings. The summed E-state index contributed by atoms with van der Waals surface area (Å²) >= 11 is 0. The summed E-state index contributed by atoms with van der Waals surface area (Å²) in [7, 11) is 0. The molecule has 0 aliphatic rings. The van der Waals surface area contributed by atoms with Crippen molar-refractivity contribution in [3.05, 3.63) is 437 Å². The third kappa shape index (κ3) is 11.6. The lowest BCUT2D eigenvalue weighted by atomic mass is 9.94. The second-order valence-electron chi connectivity index (χ2n) is 29.1. The van der Waals surface area contributed by atoms with Crippen LogP contribution in [0.5, 0.6) is 0 Å². The van der Waals surface area contributed by atoms with E-state index in [0.717, 1.165) is 22.7 Å². The highest BCUT2D eigenvalue weighted by Crippen LogP contribution is 2.44. The predicted molar refractivity (Wildman–Crippen MR) is 474 cm³/mol. The minimum absolute atomic E-state index is 1.15. The summed E-state index contributed by atoms with van der Waals surface area (Å²) in [5.74, 6) is 0. The highest BCUT2D eigenvalue weighted by Gasteiger charge is 2.22. The summed E-state index contributed by atoms with van der Waals surface area (Å²) < 4.78 is 9.67. The molecule has 22 rings (SSSR count). The number of fused-ring (bicyclic) bond motifs is 12. The maximum atomic E-state index is 2.44. The van der Waals surface area contributed by atoms with Crippen LogP contribution in [0.15, 0.2) is 437 Å². The molecule has 0 saturated carbocycles. The van der Waals surface area contributed by atoms with E-state index in [0.29, 0.717) is 0 Å². The van der Waals surface area contributed by atoms with Crippen molar-refractivity contribution in [2.24, 2.45) is 0 Å². The van der Waals surface area contributed by atoms with E-state index in [9.17, 15) is 0 Å². The zero-order chi connectivity index (χ0) is 74.0. The Morgan fingerprint density at radius 1 is 0.107 bits per heavy atom. The van der Waals surface area contributed by atoms with Gasteiger partial charge in [0.15, 0.2) is 0 Å². The van der Waals surface area contributed by atoms with Gasteiger partial charge in [-0.1, -0.05) is 309 Å². The first-order chi connectivity index (χ1) is 55.5. The van der Waals surface area contributed by atoms with E-state index in [4.69, 9.17) is 0 Å². The van der Waals surface area contributed by atoms with Crippen LogP contribution in [0, 0.1) is 0 Å². The minimum atomic E-state index is 1.15. The average molecular weight is 1430 g/mol. The first kappa shape index (κ1) is 65.5. The van der Waals surface area contributed by atoms with Gasteiger partial charge in [0.1, 0.15) is 0 Å². The van der Waals surface area contributed by atoms with Gasteiger partial charge in [0.05, 0.1) is 44.1 Å². The number of nitrogens with zero attached hydrogens (tertiary/aromatic N) is 4. The van der Waals surface area contributed by atoms with Crippen LogP contribution in [0.3, 0.4) is 0 Å². The molecule has 18 aromatic carbocycles. The Balaban J connectivity index is 0.000000141. The summed E-state index contributed by atoms with van der Waals surface area (Å²) in [6, 6.07) is 159. The fourth-order valence-electron chi connectivity index (χ4n) is 17.4. The number of rotatable bonds is 12. The molecule has 0 N–H and O–H groups in total. The van der Waals surface area contributed by atoms with Crippen LogP contribution >= 0.6 is 0 Å². The molecule has 4 heterocycles. The summed E-state index contributed by atoms with van der Waals surface area (Å²) in [5, 5.41) is 9.97. The van der Waals surface area contributed by atoms with Gasteiger partial charge >= 0.3 is 0 Å². The Morgan fingerprint density at radius 3 is 0.670 bits per heavy atom. The lowest BCUT2D eigenvalue weighted by molar-refractivity contribution is 1.18. The molecule has 0 radical (unpaired) electrons. The second kappa shape index (κ2) is 27.7. The van der Waals surface area contributed by atoms with E-state index in [1.165, 1.54) is 176 Å². The first-order valence-electron chi connectivity index (χ1n) is 38.5. The van der Waals surface area contributed by atoms with E-state index in [1.807, 2.05) is 0 Å². The molecule has 0 amide bonds. The molecular formula is C108H72N4. The summed E-state index contributed by atoms with van der Waals surface area (Å²) in [4.78, 5) is 0. The van der Waals surface area contributed by atoms with Crippen LogP contribution < -0.4 is 0 Å². The zero-order valence-corrected chi connectivity index (χ0v) is 61.4. The standard InChI is InChI=1S/2C54H36N2/c1-4-15-37(16-5-1)40-21-14-22-45(32-40)55-51-25-12-10-23-47(51)49-35-41(27-29-53(49)55)42-28-30-54-50(36-42)48-24-11-13-26-52(48)56(54)46-33-43(38-17-6-2-7-18-38)31-44(34-46)39-19-8-3-9-20-39;1-3-15-37(16-4-1)39-19-13-21-43(33-39)55-51-27-11-9-25-47(51)49-35-40(29-31-53(49)55)41-30-32-54-50(36-41)48-26-10-12-28-52(48)56(54)44-22-14-20-42(34-44)46-24-8-7-23-45(46)38-17-5-2-6-18-38/h2*1-36H. The van der Waals surface area contributed by atoms with Gasteiger partial charge in [0.2, 0.25) is 0 Å². The molecule has 22 aromatic rings. The Bertz CT molecular complexity index is 7290. The van der Waals surface area contributed by atoms with Crippen LogP contribution in [0.2, 0.25) is 0 Å². The van der Waals surface area contributed by atoms with Crippen LogP contribution in [-0.2, 0) is 0 Å². The van der Waals surface area contributed by atoms with Gasteiger partial charge in [-0.15, -0.1) is 0 Å². The number of hydrogen-bond acceptors (Lipinski definition) is 0. The highest BCUT2D eigenvalue weighted by atomic mass is 15.0. The van der Waals surface area contributed by atoms with E-state index >= 15 is 0 Å². The van der Waals surface area contributed by atoms with Gasteiger partial charge in [0.25, 0.3) is 0 Å². The molecule has 4 nitrogen and oxygen atoms in total. The van der Waals surface area contributed by atoms with Crippen LogP contribution in [0.25, 0.3) is 199 Å². The summed E-state index contributed by atoms with van der Waals surface area (Å²) in [5.41, 5.74) is 33.6. The minimum Gasteiger partial charge on any atom is -0.309 e. The molecule has 0 bridgehead atoms. The fraction of sp³-hybridized carbons (Fsp3) is 0. The maximum Gasteiger partial charge on any atom is 0.0541 e. The van der Waals surface area contributed by atoms with Crippen LogP contribution in [0.4, 0.5) is 0 Å². The molecule has 0 unspecified atom stereocenters. The fourth-order valence-corrected chi connectivity index (χ4v) is 17.4. The van der Waals surface area contributed by atoms with E-state index in [2.05, 4.69) is 455 Å². The highest BCUT2D eigenvalue weighted by molar-refractivity contribution is 6.15. The van der Waals surface area contributed by atoms with Gasteiger partial charge in [-0.3, -0.25) is 0 Å². The molecular weight excluding hydrogens is 1350 g/mol. The third-order valence-electron chi connectivity index (χ3n) is 22.6. The zero-order valence-electron chi connectivity index (χ0n) is 61.4. The van der Waals surface area contributed by atoms with E-state index in [1.54, 1.807) is 0 Å². The van der Waals surface area contributed by atoms with Crippen molar-refractivity contribution < 1.29 is 0 Å². The molecule has 0 atom stereocenters. The van der Waals surface area contributed by atoms with Crippen molar-refractivity contribution in [1.82, 2.24) is 18.3 Å². The average Bonchev–Trinajstić information content (AvgIpc) is 1.59. The quantitative estimate of drug-likeness (QED) is 0.116. The van der Waals surface area contributed by atoms with Crippen molar-refractivity contribution in [1.29, 1.82) is 0 Å². The van der Waals surface area contributed by atoms with Gasteiger partial charge in [0, 0.05) is 65.8 Å². The molecule has 524 valence electrons. The Kier molecular flexibility index (Phi) is 16.2. The predicted octanol–water partition coefficient (Wildman–Crippen LogP) is 29.1. The summed E-state index contributed by atoms with van der Waals surface area (Å²) in [6.07, 6.45) is 0. The normalized spacial score (nSPS) is 11.6. The number of benzene rings is 18. The van der Waals surface area contributed by atoms with Crippen molar-refractivity contribution in [2.45, 2.75) is 0 Å². The molecule has 4 heteroatoms. The molecule has 0 spiro atoms. The lowest BCUT2D eigenvalue weighted by Gasteiger charge is -2.14. The van der Waals surface area contributed by atoms with Gasteiger partial charge in [-0.05, 0) is 216 Å². The molecule has 112 heavy (non-hydrogen) atoms. The monoisotopic (exact) mass is 1420 g/mol. The molecule has 0 aliphatic carbocycles.